The summed E-state index contributed by atoms with van der Waals surface area (Å²) in [6.07, 6.45) is 1.80. The number of hydrogen-bond donors (Lipinski definition) is 0. The summed E-state index contributed by atoms with van der Waals surface area (Å²) in [7, 11) is 0. The lowest BCUT2D eigenvalue weighted by molar-refractivity contribution is 0.574. The first-order valence-corrected chi connectivity index (χ1v) is 7.42. The van der Waals surface area contributed by atoms with E-state index in [0.717, 1.165) is 21.3 Å². The fourth-order valence-electron chi connectivity index (χ4n) is 2.26. The number of rotatable bonds is 3. The van der Waals surface area contributed by atoms with Crippen molar-refractivity contribution < 1.29 is 0 Å². The van der Waals surface area contributed by atoms with Crippen LogP contribution in [0, 0.1) is 0 Å². The summed E-state index contributed by atoms with van der Waals surface area (Å²) >= 11 is 1.61. The van der Waals surface area contributed by atoms with Crippen LogP contribution in [0.25, 0.3) is 21.6 Å². The van der Waals surface area contributed by atoms with Crippen molar-refractivity contribution in [2.75, 3.05) is 0 Å². The van der Waals surface area contributed by atoms with E-state index in [9.17, 15) is 0 Å². The Morgan fingerprint density at radius 2 is 2.00 bits per heavy atom. The van der Waals surface area contributed by atoms with Gasteiger partial charge in [-0.1, -0.05) is 30.3 Å². The zero-order valence-electron chi connectivity index (χ0n) is 11.0. The fourth-order valence-corrected chi connectivity index (χ4v) is 2.91. The van der Waals surface area contributed by atoms with Crippen molar-refractivity contribution in [1.29, 1.82) is 0 Å². The van der Waals surface area contributed by atoms with E-state index in [1.165, 1.54) is 0 Å². The van der Waals surface area contributed by atoms with Crippen LogP contribution in [0.2, 0.25) is 0 Å². The average molecular weight is 293 g/mol. The zero-order valence-corrected chi connectivity index (χ0v) is 11.9. The molecule has 3 aromatic heterocycles. The van der Waals surface area contributed by atoms with Crippen molar-refractivity contribution in [3.8, 4) is 10.7 Å². The number of para-hydroxylation sites is 1. The molecule has 0 atom stereocenters. The third-order valence-electron chi connectivity index (χ3n) is 3.22. The van der Waals surface area contributed by atoms with Gasteiger partial charge in [0.05, 0.1) is 16.9 Å². The number of aromatic nitrogens is 5. The number of benzene rings is 1. The summed E-state index contributed by atoms with van der Waals surface area (Å²) in [5.74, 6) is 0.665. The second-order valence-corrected chi connectivity index (χ2v) is 5.56. The quantitative estimate of drug-likeness (QED) is 0.582. The summed E-state index contributed by atoms with van der Waals surface area (Å²) in [6.45, 7) is 0.562. The molecule has 0 N–H and O–H groups in total. The van der Waals surface area contributed by atoms with Crippen LogP contribution < -0.4 is 0 Å². The molecule has 0 aliphatic rings. The first kappa shape index (κ1) is 12.2. The van der Waals surface area contributed by atoms with Crippen LogP contribution >= 0.6 is 11.3 Å². The minimum Gasteiger partial charge on any atom is -0.256 e. The van der Waals surface area contributed by atoms with Gasteiger partial charge in [-0.3, -0.25) is 4.98 Å². The van der Waals surface area contributed by atoms with Crippen molar-refractivity contribution in [1.82, 2.24) is 25.2 Å². The molecule has 0 saturated heterocycles. The monoisotopic (exact) mass is 293 g/mol. The maximum absolute atomic E-state index is 4.45. The smallest absolute Gasteiger partial charge is 0.214 e. The van der Waals surface area contributed by atoms with Gasteiger partial charge in [0, 0.05) is 17.1 Å². The molecule has 3 heterocycles. The predicted octanol–water partition coefficient (Wildman–Crippen LogP) is 3.00. The second kappa shape index (κ2) is 5.06. The molecule has 5 nitrogen and oxygen atoms in total. The van der Waals surface area contributed by atoms with Crippen LogP contribution in [-0.2, 0) is 6.54 Å². The third kappa shape index (κ3) is 2.30. The Morgan fingerprint density at radius 1 is 1.05 bits per heavy atom. The van der Waals surface area contributed by atoms with E-state index in [1.807, 2.05) is 35.7 Å². The predicted molar refractivity (Wildman–Crippen MR) is 82.0 cm³/mol. The number of nitrogens with zero attached hydrogens (tertiary/aromatic N) is 5. The van der Waals surface area contributed by atoms with Gasteiger partial charge < -0.3 is 0 Å². The highest BCUT2D eigenvalue weighted by atomic mass is 32.1. The lowest BCUT2D eigenvalue weighted by Gasteiger charge is -2.03. The summed E-state index contributed by atoms with van der Waals surface area (Å²) in [5, 5.41) is 15.8. The van der Waals surface area contributed by atoms with Crippen molar-refractivity contribution in [3.63, 3.8) is 0 Å². The highest BCUT2D eigenvalue weighted by Crippen LogP contribution is 2.20. The summed E-state index contributed by atoms with van der Waals surface area (Å²) < 4.78 is 0. The Labute approximate surface area is 124 Å². The van der Waals surface area contributed by atoms with Crippen molar-refractivity contribution >= 4 is 22.2 Å². The standard InChI is InChI=1S/C15H11N5S/c1-4-11-6-2-8-16-14(11)12(5-1)10-20-18-15(17-19-20)13-7-3-9-21-13/h1-9H,10H2. The number of hydrogen-bond acceptors (Lipinski definition) is 5. The van der Waals surface area contributed by atoms with Crippen LogP contribution in [0.4, 0.5) is 0 Å². The molecule has 0 saturated carbocycles. The van der Waals surface area contributed by atoms with Crippen molar-refractivity contribution in [2.45, 2.75) is 6.54 Å². The van der Waals surface area contributed by atoms with Gasteiger partial charge in [0.1, 0.15) is 0 Å². The molecular weight excluding hydrogens is 282 g/mol. The molecule has 0 fully saturated rings. The Kier molecular flexibility index (Phi) is 2.93. The molecule has 0 aliphatic heterocycles. The SMILES string of the molecule is c1csc(-c2nnn(Cc3cccc4cccnc34)n2)c1. The normalized spacial score (nSPS) is 11.0. The van der Waals surface area contributed by atoms with Crippen molar-refractivity contribution in [2.24, 2.45) is 0 Å². The van der Waals surface area contributed by atoms with Crippen LogP contribution in [0.3, 0.4) is 0 Å². The van der Waals surface area contributed by atoms with E-state index in [1.54, 1.807) is 22.3 Å². The van der Waals surface area contributed by atoms with Gasteiger partial charge >= 0.3 is 0 Å². The van der Waals surface area contributed by atoms with E-state index in [-0.39, 0.29) is 0 Å². The van der Waals surface area contributed by atoms with Crippen LogP contribution in [0.1, 0.15) is 5.56 Å². The molecule has 1 aromatic carbocycles. The molecule has 0 spiro atoms. The number of tetrazole rings is 1. The molecule has 4 rings (SSSR count). The van der Waals surface area contributed by atoms with Gasteiger partial charge in [-0.2, -0.15) is 4.80 Å². The second-order valence-electron chi connectivity index (χ2n) is 4.61. The number of fused-ring (bicyclic) bond motifs is 1. The molecule has 0 amide bonds. The van der Waals surface area contributed by atoms with Gasteiger partial charge in [0.15, 0.2) is 0 Å². The minimum absolute atomic E-state index is 0.562. The summed E-state index contributed by atoms with van der Waals surface area (Å²) in [4.78, 5) is 7.08. The van der Waals surface area contributed by atoms with Gasteiger partial charge in [0.2, 0.25) is 5.82 Å². The number of pyridine rings is 1. The Balaban J connectivity index is 1.69. The van der Waals surface area contributed by atoms with E-state index >= 15 is 0 Å². The average Bonchev–Trinajstić information content (AvgIpc) is 3.18. The Hall–Kier alpha value is -2.60. The van der Waals surface area contributed by atoms with Gasteiger partial charge in [-0.15, -0.1) is 21.5 Å². The fraction of sp³-hybridized carbons (Fsp3) is 0.0667. The Morgan fingerprint density at radius 3 is 2.90 bits per heavy atom. The van der Waals surface area contributed by atoms with Crippen LogP contribution in [0.15, 0.2) is 54.0 Å². The number of thiophene rings is 1. The minimum atomic E-state index is 0.562. The maximum Gasteiger partial charge on any atom is 0.214 e. The highest BCUT2D eigenvalue weighted by molar-refractivity contribution is 7.13. The lowest BCUT2D eigenvalue weighted by atomic mass is 10.1. The molecule has 102 valence electrons. The first-order chi connectivity index (χ1) is 10.4. The lowest BCUT2D eigenvalue weighted by Crippen LogP contribution is -2.05. The summed E-state index contributed by atoms with van der Waals surface area (Å²) in [6, 6.07) is 14.1. The molecule has 21 heavy (non-hydrogen) atoms. The topological polar surface area (TPSA) is 56.5 Å². The molecule has 0 bridgehead atoms. The molecule has 4 aromatic rings. The largest absolute Gasteiger partial charge is 0.256 e. The molecular formula is C15H11N5S. The highest BCUT2D eigenvalue weighted by Gasteiger charge is 2.08. The third-order valence-corrected chi connectivity index (χ3v) is 4.09. The van der Waals surface area contributed by atoms with E-state index in [0.29, 0.717) is 12.4 Å². The van der Waals surface area contributed by atoms with Gasteiger partial charge in [-0.25, -0.2) is 0 Å². The van der Waals surface area contributed by atoms with E-state index < -0.39 is 0 Å². The van der Waals surface area contributed by atoms with E-state index in [2.05, 4.69) is 32.5 Å². The molecule has 0 unspecified atom stereocenters. The van der Waals surface area contributed by atoms with E-state index in [4.69, 9.17) is 0 Å². The first-order valence-electron chi connectivity index (χ1n) is 6.54. The van der Waals surface area contributed by atoms with Gasteiger partial charge in [0.25, 0.3) is 0 Å². The maximum atomic E-state index is 4.45. The molecule has 6 heteroatoms. The van der Waals surface area contributed by atoms with Crippen LogP contribution in [-0.4, -0.2) is 25.2 Å². The zero-order chi connectivity index (χ0) is 14.1. The van der Waals surface area contributed by atoms with Crippen LogP contribution in [0.5, 0.6) is 0 Å². The molecule has 0 aliphatic carbocycles. The molecule has 0 radical (unpaired) electrons. The van der Waals surface area contributed by atoms with Gasteiger partial charge in [-0.05, 0) is 22.7 Å². The van der Waals surface area contributed by atoms with Crippen molar-refractivity contribution in [3.05, 3.63) is 59.6 Å². The Bertz CT molecular complexity index is 877. The summed E-state index contributed by atoms with van der Waals surface area (Å²) in [5.41, 5.74) is 2.07.